The number of amides is 3. The van der Waals surface area contributed by atoms with Gasteiger partial charge in [-0.1, -0.05) is 11.2 Å². The van der Waals surface area contributed by atoms with Gasteiger partial charge >= 0.3 is 0 Å². The van der Waals surface area contributed by atoms with Gasteiger partial charge in [-0.05, 0) is 25.0 Å². The molecule has 0 unspecified atom stereocenters. The number of anilines is 3. The van der Waals surface area contributed by atoms with Crippen molar-refractivity contribution in [2.75, 3.05) is 31.8 Å². The van der Waals surface area contributed by atoms with Crippen molar-refractivity contribution < 1.29 is 27.8 Å². The molecule has 13 nitrogen and oxygen atoms in total. The summed E-state index contributed by atoms with van der Waals surface area (Å²) in [5.41, 5.74) is 0.480. The van der Waals surface area contributed by atoms with Crippen LogP contribution in [0.5, 0.6) is 5.75 Å². The molecule has 0 bridgehead atoms. The molecule has 0 saturated heterocycles. The second kappa shape index (κ2) is 10.4. The second-order valence-corrected chi connectivity index (χ2v) is 8.11. The van der Waals surface area contributed by atoms with Gasteiger partial charge in [-0.3, -0.25) is 14.4 Å². The van der Waals surface area contributed by atoms with Gasteiger partial charge in [0.2, 0.25) is 11.8 Å². The molecule has 4 rings (SSSR count). The zero-order chi connectivity index (χ0) is 28.3. The van der Waals surface area contributed by atoms with Crippen LogP contribution in [0.15, 0.2) is 28.8 Å². The Morgan fingerprint density at radius 1 is 1.25 bits per heavy atom. The Hall–Kier alpha value is -4.55. The van der Waals surface area contributed by atoms with E-state index in [4.69, 9.17) is 13.4 Å². The minimum atomic E-state index is -2.77. The number of benzene rings is 1. The number of aromatic nitrogens is 4. The van der Waals surface area contributed by atoms with Crippen molar-refractivity contribution in [3.05, 3.63) is 35.8 Å². The number of carbonyl (C=O) groups is 3. The first-order chi connectivity index (χ1) is 18.4. The fourth-order valence-corrected chi connectivity index (χ4v) is 3.27. The van der Waals surface area contributed by atoms with Crippen LogP contribution in [0.25, 0.3) is 11.5 Å². The molecule has 188 valence electrons. The third-order valence-electron chi connectivity index (χ3n) is 5.43. The van der Waals surface area contributed by atoms with E-state index in [1.807, 2.05) is 5.32 Å². The predicted octanol–water partition coefficient (Wildman–Crippen LogP) is 1.97. The van der Waals surface area contributed by atoms with Crippen LogP contribution >= 0.6 is 0 Å². The molecular formula is C23H26N8O5. The lowest BCUT2D eigenvalue weighted by Gasteiger charge is -2.16. The summed E-state index contributed by atoms with van der Waals surface area (Å²) in [5, 5.41) is 19.2. The van der Waals surface area contributed by atoms with E-state index in [1.54, 1.807) is 25.2 Å². The van der Waals surface area contributed by atoms with Gasteiger partial charge in [-0.2, -0.15) is 4.98 Å². The Kier molecular flexibility index (Phi) is 5.99. The van der Waals surface area contributed by atoms with Crippen molar-refractivity contribution in [2.24, 2.45) is 5.92 Å². The Bertz CT molecular complexity index is 1410. The predicted molar refractivity (Wildman–Crippen MR) is 128 cm³/mol. The van der Waals surface area contributed by atoms with Crippen LogP contribution in [0.3, 0.4) is 0 Å². The van der Waals surface area contributed by atoms with Crippen LogP contribution in [0, 0.1) is 5.92 Å². The van der Waals surface area contributed by atoms with Crippen molar-refractivity contribution in [1.29, 1.82) is 0 Å². The number of para-hydroxylation sites is 1. The fourth-order valence-electron chi connectivity index (χ4n) is 3.27. The molecule has 0 radical (unpaired) electrons. The summed E-state index contributed by atoms with van der Waals surface area (Å²) in [6, 6.07) is 6.34. The van der Waals surface area contributed by atoms with E-state index in [1.165, 1.54) is 25.0 Å². The highest BCUT2D eigenvalue weighted by Gasteiger charge is 2.30. The lowest BCUT2D eigenvalue weighted by atomic mass is 10.1. The third kappa shape index (κ3) is 5.40. The lowest BCUT2D eigenvalue weighted by molar-refractivity contribution is -0.128. The van der Waals surface area contributed by atoms with Crippen molar-refractivity contribution in [3.63, 3.8) is 0 Å². The van der Waals surface area contributed by atoms with Gasteiger partial charge in [0.15, 0.2) is 23.1 Å². The van der Waals surface area contributed by atoms with Gasteiger partial charge in [0.1, 0.15) is 0 Å². The van der Waals surface area contributed by atoms with Crippen LogP contribution in [0.4, 0.5) is 17.2 Å². The highest BCUT2D eigenvalue weighted by atomic mass is 16.5. The monoisotopic (exact) mass is 497 g/mol. The number of hydrogen-bond acceptors (Lipinski definition) is 10. The van der Waals surface area contributed by atoms with Gasteiger partial charge in [0.25, 0.3) is 11.8 Å². The van der Waals surface area contributed by atoms with E-state index >= 15 is 0 Å². The smallest absolute Gasteiger partial charge is 0.273 e. The quantitative estimate of drug-likeness (QED) is 0.398. The van der Waals surface area contributed by atoms with Crippen molar-refractivity contribution in [3.8, 4) is 17.2 Å². The molecule has 0 aliphatic heterocycles. The summed E-state index contributed by atoms with van der Waals surface area (Å²) < 4.78 is 33.1. The summed E-state index contributed by atoms with van der Waals surface area (Å²) in [6.45, 7) is -1.21. The van der Waals surface area contributed by atoms with Gasteiger partial charge in [0.05, 0.1) is 30.6 Å². The molecule has 0 spiro atoms. The zero-order valence-corrected chi connectivity index (χ0v) is 19.8. The highest BCUT2D eigenvalue weighted by Crippen LogP contribution is 2.38. The first-order valence-electron chi connectivity index (χ1n) is 12.4. The normalized spacial score (nSPS) is 14.1. The fraction of sp³-hybridized carbons (Fsp3) is 0.348. The summed E-state index contributed by atoms with van der Waals surface area (Å²) >= 11 is 0. The summed E-state index contributed by atoms with van der Waals surface area (Å²) in [6.07, 6.45) is 1.55. The van der Waals surface area contributed by atoms with E-state index in [0.29, 0.717) is 11.3 Å². The number of nitrogens with one attached hydrogen (secondary N) is 3. The summed E-state index contributed by atoms with van der Waals surface area (Å²) in [7, 11) is 3.02. The van der Waals surface area contributed by atoms with Crippen LogP contribution in [-0.2, 0) is 16.1 Å². The number of hydrogen-bond donors (Lipinski definition) is 3. The average molecular weight is 498 g/mol. The Morgan fingerprint density at radius 2 is 2.06 bits per heavy atom. The zero-order valence-electron chi connectivity index (χ0n) is 22.8. The molecule has 3 aromatic rings. The summed E-state index contributed by atoms with van der Waals surface area (Å²) in [4.78, 5) is 42.2. The SMILES string of the molecule is [2H]C([2H])([2H])NC(=O)c1nnc(NC(=O)C2CC2)cc1Nc1cccc(-c2nc(CN(C)C(C)=O)no2)c1OC. The molecule has 0 atom stereocenters. The topological polar surface area (TPSA) is 164 Å². The van der Waals surface area contributed by atoms with Gasteiger partial charge < -0.3 is 30.1 Å². The Morgan fingerprint density at radius 3 is 2.75 bits per heavy atom. The summed E-state index contributed by atoms with van der Waals surface area (Å²) in [5.74, 6) is -0.765. The van der Waals surface area contributed by atoms with Crippen molar-refractivity contribution in [2.45, 2.75) is 26.3 Å². The third-order valence-corrected chi connectivity index (χ3v) is 5.43. The first kappa shape index (κ1) is 20.8. The van der Waals surface area contributed by atoms with E-state index in [0.717, 1.165) is 12.8 Å². The molecule has 36 heavy (non-hydrogen) atoms. The molecule has 1 aliphatic rings. The largest absolute Gasteiger partial charge is 0.494 e. The molecule has 2 heterocycles. The van der Waals surface area contributed by atoms with E-state index in [9.17, 15) is 14.4 Å². The maximum absolute atomic E-state index is 12.7. The highest BCUT2D eigenvalue weighted by molar-refractivity contribution is 6.00. The minimum absolute atomic E-state index is 0.0580. The molecule has 3 N–H and O–H groups in total. The van der Waals surface area contributed by atoms with Crippen LogP contribution in [0.1, 0.15) is 40.2 Å². The standard InChI is InChI=1S/C23H26N8O5/c1-12(32)31(3)11-18-27-23(36-30-18)14-6-5-7-15(20(14)35-4)25-16-10-17(26-21(33)13-8-9-13)28-29-19(16)22(34)24-2/h5-7,10,13H,8-9,11H2,1-4H3,(H,24,34)(H2,25,26,28,33)/i2D3. The lowest BCUT2D eigenvalue weighted by Crippen LogP contribution is -2.23. The van der Waals surface area contributed by atoms with Gasteiger partial charge in [0, 0.05) is 37.0 Å². The van der Waals surface area contributed by atoms with E-state index < -0.39 is 12.9 Å². The molecule has 1 saturated carbocycles. The molecule has 3 amide bonds. The number of ether oxygens (including phenoxy) is 1. The van der Waals surface area contributed by atoms with Crippen molar-refractivity contribution in [1.82, 2.24) is 30.6 Å². The van der Waals surface area contributed by atoms with E-state index in [-0.39, 0.29) is 58.9 Å². The first-order valence-corrected chi connectivity index (χ1v) is 10.9. The second-order valence-electron chi connectivity index (χ2n) is 8.11. The maximum Gasteiger partial charge on any atom is 0.273 e. The van der Waals surface area contributed by atoms with Crippen LogP contribution in [-0.4, -0.2) is 64.1 Å². The maximum atomic E-state index is 12.7. The number of methoxy groups -OCH3 is 1. The molecule has 13 heteroatoms. The van der Waals surface area contributed by atoms with Crippen LogP contribution < -0.4 is 20.7 Å². The Balaban J connectivity index is 1.68. The number of nitrogens with zero attached hydrogens (tertiary/aromatic N) is 5. The molecule has 1 aromatic carbocycles. The molecule has 1 aliphatic carbocycles. The van der Waals surface area contributed by atoms with Gasteiger partial charge in [-0.15, -0.1) is 10.2 Å². The van der Waals surface area contributed by atoms with Gasteiger partial charge in [-0.25, -0.2) is 0 Å². The minimum Gasteiger partial charge on any atom is -0.494 e. The van der Waals surface area contributed by atoms with Crippen molar-refractivity contribution >= 4 is 34.9 Å². The van der Waals surface area contributed by atoms with Crippen LogP contribution in [0.2, 0.25) is 0 Å². The average Bonchev–Trinajstić information content (AvgIpc) is 3.62. The number of rotatable bonds is 9. The Labute approximate surface area is 210 Å². The molecule has 2 aromatic heterocycles. The number of carbonyl (C=O) groups excluding carboxylic acids is 3. The molecular weight excluding hydrogens is 468 g/mol. The molecule has 1 fully saturated rings. The van der Waals surface area contributed by atoms with E-state index in [2.05, 4.69) is 31.0 Å².